The standard InChI is InChI=1S/C23H22F2N2O5/c1-31-21(29)19-10-23(24,25)13-27(19)20(28)11-26-22(30)32-12-18-16-8-4-2-6-14(16)15-7-3-5-9-17(15)18/h2-9,18-19H,10-13H2,1H3,(H,26,30)/t19-/m0/s1. The van der Waals surface area contributed by atoms with Crippen LogP contribution in [0.25, 0.3) is 11.1 Å². The van der Waals surface area contributed by atoms with Gasteiger partial charge >= 0.3 is 12.1 Å². The molecule has 1 heterocycles. The van der Waals surface area contributed by atoms with Gasteiger partial charge in [-0.25, -0.2) is 18.4 Å². The number of esters is 1. The van der Waals surface area contributed by atoms with Crippen molar-refractivity contribution in [2.75, 3.05) is 26.8 Å². The van der Waals surface area contributed by atoms with Crippen LogP contribution in [-0.4, -0.2) is 61.6 Å². The number of fused-ring (bicyclic) bond motifs is 3. The zero-order valence-electron chi connectivity index (χ0n) is 17.3. The molecule has 2 aromatic carbocycles. The molecule has 9 heteroatoms. The van der Waals surface area contributed by atoms with Crippen molar-refractivity contribution in [3.8, 4) is 11.1 Å². The number of alkyl carbamates (subject to hydrolysis) is 1. The van der Waals surface area contributed by atoms with E-state index in [1.54, 1.807) is 0 Å². The Labute approximate surface area is 183 Å². The highest BCUT2D eigenvalue weighted by atomic mass is 19.3. The van der Waals surface area contributed by atoms with Crippen molar-refractivity contribution in [2.24, 2.45) is 0 Å². The molecular formula is C23H22F2N2O5. The third-order valence-electron chi connectivity index (χ3n) is 5.79. The maximum absolute atomic E-state index is 13.7. The first kappa shape index (κ1) is 21.7. The van der Waals surface area contributed by atoms with E-state index in [1.807, 2.05) is 48.5 Å². The van der Waals surface area contributed by atoms with E-state index in [-0.39, 0.29) is 12.5 Å². The van der Waals surface area contributed by atoms with Crippen LogP contribution < -0.4 is 5.32 Å². The van der Waals surface area contributed by atoms with Crippen LogP contribution >= 0.6 is 0 Å². The van der Waals surface area contributed by atoms with Gasteiger partial charge in [0.05, 0.1) is 13.7 Å². The van der Waals surface area contributed by atoms with Crippen molar-refractivity contribution >= 4 is 18.0 Å². The summed E-state index contributed by atoms with van der Waals surface area (Å²) in [6.45, 7) is -1.42. The van der Waals surface area contributed by atoms with Gasteiger partial charge in [0.2, 0.25) is 5.91 Å². The fourth-order valence-electron chi connectivity index (χ4n) is 4.32. The Morgan fingerprint density at radius 1 is 1.06 bits per heavy atom. The first-order chi connectivity index (χ1) is 15.3. The number of methoxy groups -OCH3 is 1. The van der Waals surface area contributed by atoms with Crippen molar-refractivity contribution in [3.05, 3.63) is 59.7 Å². The minimum Gasteiger partial charge on any atom is -0.467 e. The third-order valence-corrected chi connectivity index (χ3v) is 5.79. The Morgan fingerprint density at radius 3 is 2.25 bits per heavy atom. The molecule has 0 bridgehead atoms. The molecule has 2 aliphatic rings. The SMILES string of the molecule is COC(=O)[C@@H]1CC(F)(F)CN1C(=O)CNC(=O)OCC1c2ccccc2-c2ccccc21. The number of likely N-dealkylation sites (tertiary alicyclic amines) is 1. The number of carbonyl (C=O) groups excluding carboxylic acids is 3. The van der Waals surface area contributed by atoms with E-state index < -0.39 is 49.4 Å². The molecule has 1 aliphatic heterocycles. The van der Waals surface area contributed by atoms with Crippen molar-refractivity contribution in [1.82, 2.24) is 10.2 Å². The first-order valence-corrected chi connectivity index (χ1v) is 10.1. The summed E-state index contributed by atoms with van der Waals surface area (Å²) in [6, 6.07) is 14.3. The van der Waals surface area contributed by atoms with Crippen LogP contribution in [0.2, 0.25) is 0 Å². The molecule has 0 radical (unpaired) electrons. The lowest BCUT2D eigenvalue weighted by Crippen LogP contribution is -2.46. The van der Waals surface area contributed by atoms with Gasteiger partial charge in [-0.2, -0.15) is 0 Å². The summed E-state index contributed by atoms with van der Waals surface area (Å²) in [7, 11) is 1.07. The Hall–Kier alpha value is -3.49. The fourth-order valence-corrected chi connectivity index (χ4v) is 4.32. The van der Waals surface area contributed by atoms with Gasteiger partial charge in [0, 0.05) is 12.3 Å². The van der Waals surface area contributed by atoms with Crippen LogP contribution in [0, 0.1) is 0 Å². The van der Waals surface area contributed by atoms with Crippen LogP contribution in [0.1, 0.15) is 23.5 Å². The molecule has 1 N–H and O–H groups in total. The molecule has 0 spiro atoms. The van der Waals surface area contributed by atoms with Gasteiger partial charge in [0.1, 0.15) is 19.2 Å². The molecule has 2 amide bonds. The summed E-state index contributed by atoms with van der Waals surface area (Å²) in [5, 5.41) is 2.29. The predicted molar refractivity (Wildman–Crippen MR) is 110 cm³/mol. The number of hydrogen-bond donors (Lipinski definition) is 1. The first-order valence-electron chi connectivity index (χ1n) is 10.1. The Balaban J connectivity index is 1.35. The summed E-state index contributed by atoms with van der Waals surface area (Å²) < 4.78 is 37.3. The number of amides is 2. The lowest BCUT2D eigenvalue weighted by atomic mass is 9.98. The molecule has 1 saturated heterocycles. The third kappa shape index (κ3) is 4.15. The van der Waals surface area contributed by atoms with Crippen molar-refractivity contribution < 1.29 is 32.6 Å². The summed E-state index contributed by atoms with van der Waals surface area (Å²) in [5.74, 6) is -5.08. The van der Waals surface area contributed by atoms with Crippen LogP contribution in [0.15, 0.2) is 48.5 Å². The smallest absolute Gasteiger partial charge is 0.407 e. The normalized spacial score (nSPS) is 18.6. The topological polar surface area (TPSA) is 84.9 Å². The highest BCUT2D eigenvalue weighted by Gasteiger charge is 2.50. The van der Waals surface area contributed by atoms with E-state index in [0.717, 1.165) is 34.3 Å². The average Bonchev–Trinajstić information content (AvgIpc) is 3.29. The second-order valence-electron chi connectivity index (χ2n) is 7.80. The van der Waals surface area contributed by atoms with Gasteiger partial charge < -0.3 is 19.7 Å². The number of rotatable bonds is 5. The minimum atomic E-state index is -3.20. The zero-order valence-corrected chi connectivity index (χ0v) is 17.3. The summed E-state index contributed by atoms with van der Waals surface area (Å²) in [5.41, 5.74) is 4.24. The van der Waals surface area contributed by atoms with Crippen molar-refractivity contribution in [3.63, 3.8) is 0 Å². The predicted octanol–water partition coefficient (Wildman–Crippen LogP) is 2.93. The Bertz CT molecular complexity index is 1010. The van der Waals surface area contributed by atoms with Gasteiger partial charge in [-0.15, -0.1) is 0 Å². The number of nitrogens with zero attached hydrogens (tertiary/aromatic N) is 1. The minimum absolute atomic E-state index is 0.0562. The Morgan fingerprint density at radius 2 is 1.66 bits per heavy atom. The van der Waals surface area contributed by atoms with Crippen LogP contribution in [0.3, 0.4) is 0 Å². The van der Waals surface area contributed by atoms with Gasteiger partial charge in [-0.3, -0.25) is 4.79 Å². The molecule has 1 aliphatic carbocycles. The fraction of sp³-hybridized carbons (Fsp3) is 0.348. The second kappa shape index (κ2) is 8.57. The van der Waals surface area contributed by atoms with Crippen molar-refractivity contribution in [2.45, 2.75) is 24.3 Å². The maximum Gasteiger partial charge on any atom is 0.407 e. The second-order valence-corrected chi connectivity index (χ2v) is 7.80. The van der Waals surface area contributed by atoms with Gasteiger partial charge in [0.15, 0.2) is 0 Å². The van der Waals surface area contributed by atoms with Crippen LogP contribution in [0.4, 0.5) is 13.6 Å². The van der Waals surface area contributed by atoms with Gasteiger partial charge in [-0.1, -0.05) is 48.5 Å². The van der Waals surface area contributed by atoms with Gasteiger partial charge in [0.25, 0.3) is 5.92 Å². The lowest BCUT2D eigenvalue weighted by Gasteiger charge is -2.22. The highest BCUT2D eigenvalue weighted by molar-refractivity contribution is 5.88. The summed E-state index contributed by atoms with van der Waals surface area (Å²) in [6.07, 6.45) is -1.66. The number of nitrogens with one attached hydrogen (secondary N) is 1. The molecule has 0 unspecified atom stereocenters. The Kier molecular flexibility index (Phi) is 5.82. The molecule has 168 valence electrons. The number of alkyl halides is 2. The molecule has 0 aromatic heterocycles. The zero-order chi connectivity index (χ0) is 22.9. The molecular weight excluding hydrogens is 422 g/mol. The van der Waals surface area contributed by atoms with E-state index in [2.05, 4.69) is 10.1 Å². The largest absolute Gasteiger partial charge is 0.467 e. The molecule has 0 saturated carbocycles. The monoisotopic (exact) mass is 444 g/mol. The molecule has 32 heavy (non-hydrogen) atoms. The number of ether oxygens (including phenoxy) is 2. The number of carbonyl (C=O) groups is 3. The number of benzene rings is 2. The van der Waals surface area contributed by atoms with E-state index in [9.17, 15) is 23.2 Å². The van der Waals surface area contributed by atoms with E-state index in [1.165, 1.54) is 0 Å². The molecule has 1 fully saturated rings. The quantitative estimate of drug-likeness (QED) is 0.717. The maximum atomic E-state index is 13.7. The van der Waals surface area contributed by atoms with Gasteiger partial charge in [-0.05, 0) is 22.3 Å². The number of hydrogen-bond acceptors (Lipinski definition) is 5. The average molecular weight is 444 g/mol. The van der Waals surface area contributed by atoms with Crippen molar-refractivity contribution in [1.29, 1.82) is 0 Å². The molecule has 4 rings (SSSR count). The lowest BCUT2D eigenvalue weighted by molar-refractivity contribution is -0.150. The molecule has 7 nitrogen and oxygen atoms in total. The molecule has 2 aromatic rings. The molecule has 1 atom stereocenters. The van der Waals surface area contributed by atoms with Crippen LogP contribution in [-0.2, 0) is 19.1 Å². The summed E-state index contributed by atoms with van der Waals surface area (Å²) >= 11 is 0. The number of halogens is 2. The van der Waals surface area contributed by atoms with E-state index in [4.69, 9.17) is 4.74 Å². The highest BCUT2D eigenvalue weighted by Crippen LogP contribution is 2.44. The van der Waals surface area contributed by atoms with Crippen LogP contribution in [0.5, 0.6) is 0 Å². The van der Waals surface area contributed by atoms with E-state index in [0.29, 0.717) is 0 Å². The van der Waals surface area contributed by atoms with E-state index >= 15 is 0 Å². The summed E-state index contributed by atoms with van der Waals surface area (Å²) in [4.78, 5) is 37.0.